The summed E-state index contributed by atoms with van der Waals surface area (Å²) in [6, 6.07) is 0. The molecule has 1 aliphatic heterocycles. The highest BCUT2D eigenvalue weighted by Gasteiger charge is 2.46. The average molecular weight is 331 g/mol. The van der Waals surface area contributed by atoms with E-state index in [1.165, 1.54) is 7.05 Å². The zero-order chi connectivity index (χ0) is 17.7. The van der Waals surface area contributed by atoms with Crippen LogP contribution in [0.1, 0.15) is 19.8 Å². The molecule has 1 saturated heterocycles. The summed E-state index contributed by atoms with van der Waals surface area (Å²) < 4.78 is 5.19. The Bertz CT molecular complexity index is 483. The van der Waals surface area contributed by atoms with Crippen LogP contribution in [0.4, 0.5) is 0 Å². The highest BCUT2D eigenvalue weighted by atomic mass is 16.6. The van der Waals surface area contributed by atoms with Crippen LogP contribution in [-0.4, -0.2) is 70.1 Å². The van der Waals surface area contributed by atoms with E-state index in [1.54, 1.807) is 0 Å². The van der Waals surface area contributed by atoms with Crippen molar-refractivity contribution in [1.29, 1.82) is 5.41 Å². The summed E-state index contributed by atoms with van der Waals surface area (Å²) in [4.78, 5) is 12.4. The van der Waals surface area contributed by atoms with Gasteiger partial charge in [0.05, 0.1) is 18.0 Å². The minimum Gasteiger partial charge on any atom is -0.395 e. The molecule has 4 atom stereocenters. The van der Waals surface area contributed by atoms with E-state index < -0.39 is 37.1 Å². The summed E-state index contributed by atoms with van der Waals surface area (Å²) in [6.07, 6.45) is -4.16. The van der Waals surface area contributed by atoms with Gasteiger partial charge in [0.25, 0.3) is 5.91 Å². The van der Waals surface area contributed by atoms with E-state index in [0.717, 1.165) is 0 Å². The van der Waals surface area contributed by atoms with E-state index >= 15 is 0 Å². The second-order valence-corrected chi connectivity index (χ2v) is 5.21. The highest BCUT2D eigenvalue weighted by Crippen LogP contribution is 2.23. The van der Waals surface area contributed by atoms with Crippen molar-refractivity contribution in [2.75, 3.05) is 13.7 Å². The molecule has 1 rings (SSSR count). The lowest BCUT2D eigenvalue weighted by Gasteiger charge is -2.27. The smallest absolute Gasteiger partial charge is 0.288 e. The van der Waals surface area contributed by atoms with Crippen molar-refractivity contribution in [2.45, 2.75) is 44.3 Å². The molecule has 1 heterocycles. The van der Waals surface area contributed by atoms with E-state index in [4.69, 9.17) is 26.8 Å². The number of hydrogen-bond acceptors (Lipinski definition) is 9. The second-order valence-electron chi connectivity index (χ2n) is 5.21. The molecule has 10 nitrogen and oxygen atoms in total. The van der Waals surface area contributed by atoms with Gasteiger partial charge in [-0.2, -0.15) is 0 Å². The van der Waals surface area contributed by atoms with Gasteiger partial charge in [0.15, 0.2) is 6.23 Å². The number of aliphatic hydroxyl groups is 3. The number of amides is 1. The molecule has 132 valence electrons. The fraction of sp³-hybridized carbons (Fsp3) is 0.692. The van der Waals surface area contributed by atoms with Crippen molar-refractivity contribution in [3.8, 4) is 0 Å². The summed E-state index contributed by atoms with van der Waals surface area (Å²) >= 11 is 0. The first-order chi connectivity index (χ1) is 10.8. The predicted molar refractivity (Wildman–Crippen MR) is 81.7 cm³/mol. The Morgan fingerprint density at radius 3 is 2.43 bits per heavy atom. The van der Waals surface area contributed by atoms with Gasteiger partial charge in [-0.1, -0.05) is 13.3 Å². The topological polar surface area (TPSA) is 178 Å². The van der Waals surface area contributed by atoms with Crippen molar-refractivity contribution >= 4 is 11.6 Å². The van der Waals surface area contributed by atoms with Gasteiger partial charge in [-0.15, -0.1) is 0 Å². The summed E-state index contributed by atoms with van der Waals surface area (Å²) in [5, 5.41) is 39.7. The Balaban J connectivity index is 2.98. The fourth-order valence-corrected chi connectivity index (χ4v) is 2.25. The number of aliphatic hydroxyl groups excluding tert-OH is 3. The van der Waals surface area contributed by atoms with Gasteiger partial charge in [-0.3, -0.25) is 4.79 Å². The molecule has 0 aliphatic carbocycles. The van der Waals surface area contributed by atoms with Gasteiger partial charge in [0, 0.05) is 7.05 Å². The molecule has 0 aromatic heterocycles. The highest BCUT2D eigenvalue weighted by molar-refractivity contribution is 6.05. The number of hydrogen-bond donors (Lipinski definition) is 7. The van der Waals surface area contributed by atoms with Gasteiger partial charge < -0.3 is 36.5 Å². The molecule has 1 amide bonds. The maximum atomic E-state index is 12.4. The van der Waals surface area contributed by atoms with Crippen molar-refractivity contribution in [1.82, 2.24) is 10.3 Å². The lowest BCUT2D eigenvalue weighted by molar-refractivity contribution is -0.150. The van der Waals surface area contributed by atoms with E-state index in [2.05, 4.69) is 5.32 Å². The molecule has 0 radical (unpaired) electrons. The van der Waals surface area contributed by atoms with Crippen molar-refractivity contribution in [3.63, 3.8) is 0 Å². The van der Waals surface area contributed by atoms with Crippen molar-refractivity contribution in [2.24, 2.45) is 11.6 Å². The summed E-state index contributed by atoms with van der Waals surface area (Å²) in [7, 11) is 1.45. The van der Waals surface area contributed by atoms with Crippen LogP contribution in [0.5, 0.6) is 0 Å². The predicted octanol–water partition coefficient (Wildman–Crippen LogP) is -2.66. The lowest BCUT2D eigenvalue weighted by Crippen LogP contribution is -2.53. The number of hydrazine groups is 1. The van der Waals surface area contributed by atoms with Gasteiger partial charge in [0.1, 0.15) is 24.0 Å². The van der Waals surface area contributed by atoms with Crippen molar-refractivity contribution in [3.05, 3.63) is 11.4 Å². The molecule has 4 unspecified atom stereocenters. The van der Waals surface area contributed by atoms with Crippen LogP contribution in [0.2, 0.25) is 0 Å². The number of nitrogens with zero attached hydrogens (tertiary/aromatic N) is 1. The monoisotopic (exact) mass is 331 g/mol. The average Bonchev–Trinajstić information content (AvgIpc) is 2.82. The summed E-state index contributed by atoms with van der Waals surface area (Å²) in [5.74, 6) is 4.88. The molecule has 0 spiro atoms. The third kappa shape index (κ3) is 3.98. The number of carbonyl (C=O) groups is 1. The largest absolute Gasteiger partial charge is 0.395 e. The molecule has 0 aromatic carbocycles. The number of rotatable bonds is 7. The lowest BCUT2D eigenvalue weighted by atomic mass is 10.1. The molecule has 9 N–H and O–H groups in total. The first kappa shape index (κ1) is 19.3. The Kier molecular flexibility index (Phi) is 6.91. The van der Waals surface area contributed by atoms with Crippen LogP contribution in [0.25, 0.3) is 0 Å². The normalized spacial score (nSPS) is 28.3. The Morgan fingerprint density at radius 1 is 1.39 bits per heavy atom. The molecule has 0 saturated carbocycles. The molecule has 0 aromatic rings. The quantitative estimate of drug-likeness (QED) is 0.0868. The molecule has 1 fully saturated rings. The zero-order valence-corrected chi connectivity index (χ0v) is 13.2. The van der Waals surface area contributed by atoms with Gasteiger partial charge in [-0.25, -0.2) is 10.9 Å². The Morgan fingerprint density at radius 2 is 2.00 bits per heavy atom. The Hall–Kier alpha value is -1.72. The van der Waals surface area contributed by atoms with Gasteiger partial charge in [-0.05, 0) is 6.42 Å². The molecule has 1 aliphatic rings. The second kappa shape index (κ2) is 8.22. The minimum atomic E-state index is -1.48. The molecule has 10 heteroatoms. The SMILES string of the molecule is CCCC(=N)/C(N)=C(\NC)C(=O)N(N)C1OC(CO)C(O)C1O. The number of allylic oxidation sites excluding steroid dienone is 1. The van der Waals surface area contributed by atoms with E-state index in [1.807, 2.05) is 6.92 Å². The van der Waals surface area contributed by atoms with Crippen LogP contribution < -0.4 is 16.9 Å². The molecule has 23 heavy (non-hydrogen) atoms. The van der Waals surface area contributed by atoms with E-state index in [-0.39, 0.29) is 17.1 Å². The van der Waals surface area contributed by atoms with Crippen LogP contribution in [-0.2, 0) is 9.53 Å². The standard InChI is InChI=1S/C13H25N5O5/c1-3-4-6(14)8(15)9(17-2)12(22)18(16)13-11(21)10(20)7(5-19)23-13/h7,10-11,13-14,17,19-21H,3-5,15-16H2,1-2H3/b9-8+,14-6?. The maximum Gasteiger partial charge on any atom is 0.288 e. The minimum absolute atomic E-state index is 0.0541. The van der Waals surface area contributed by atoms with Crippen LogP contribution >= 0.6 is 0 Å². The molecular weight excluding hydrogens is 306 g/mol. The Labute approximate surface area is 134 Å². The molecule has 0 bridgehead atoms. The first-order valence-corrected chi connectivity index (χ1v) is 7.26. The van der Waals surface area contributed by atoms with Crippen molar-refractivity contribution < 1.29 is 24.9 Å². The van der Waals surface area contributed by atoms with Gasteiger partial charge >= 0.3 is 0 Å². The number of nitrogens with one attached hydrogen (secondary N) is 2. The first-order valence-electron chi connectivity index (χ1n) is 7.26. The zero-order valence-electron chi connectivity index (χ0n) is 13.2. The van der Waals surface area contributed by atoms with E-state index in [0.29, 0.717) is 17.9 Å². The number of ether oxygens (including phenoxy) is 1. The van der Waals surface area contributed by atoms with Crippen LogP contribution in [0.15, 0.2) is 11.4 Å². The third-order valence-electron chi connectivity index (χ3n) is 3.58. The fourth-order valence-electron chi connectivity index (χ4n) is 2.25. The number of likely N-dealkylation sites (N-methyl/N-ethyl adjacent to an activating group) is 1. The maximum absolute atomic E-state index is 12.4. The van der Waals surface area contributed by atoms with Crippen LogP contribution in [0, 0.1) is 5.41 Å². The number of carbonyl (C=O) groups excluding carboxylic acids is 1. The summed E-state index contributed by atoms with van der Waals surface area (Å²) in [6.45, 7) is 1.34. The van der Waals surface area contributed by atoms with E-state index in [9.17, 15) is 15.0 Å². The number of nitrogens with two attached hydrogens (primary N) is 2. The molecular formula is C13H25N5O5. The summed E-state index contributed by atoms with van der Waals surface area (Å²) in [5.41, 5.74) is 5.73. The third-order valence-corrected chi connectivity index (χ3v) is 3.58. The van der Waals surface area contributed by atoms with Crippen LogP contribution in [0.3, 0.4) is 0 Å². The van der Waals surface area contributed by atoms with Gasteiger partial charge in [0.2, 0.25) is 0 Å².